The maximum absolute atomic E-state index is 11.7. The number of nitrogens with zero attached hydrogens (tertiary/aromatic N) is 1. The van der Waals surface area contributed by atoms with Gasteiger partial charge in [-0.1, -0.05) is 6.42 Å². The van der Waals surface area contributed by atoms with E-state index in [1.807, 2.05) is 0 Å². The molecule has 14 heavy (non-hydrogen) atoms. The SMILES string of the molecule is NCC1(CC(=O)N2CC(O)C2)CCC1. The lowest BCUT2D eigenvalue weighted by molar-refractivity contribution is -0.145. The van der Waals surface area contributed by atoms with Gasteiger partial charge in [0.25, 0.3) is 0 Å². The number of aliphatic hydroxyl groups is 1. The Morgan fingerprint density at radius 1 is 1.50 bits per heavy atom. The molecule has 3 N–H and O–H groups in total. The van der Waals surface area contributed by atoms with E-state index in [1.165, 1.54) is 6.42 Å². The van der Waals surface area contributed by atoms with Crippen LogP contribution in [0.3, 0.4) is 0 Å². The molecule has 1 aliphatic heterocycles. The first-order chi connectivity index (χ1) is 6.65. The molecule has 0 bridgehead atoms. The van der Waals surface area contributed by atoms with Crippen LogP contribution in [0.1, 0.15) is 25.7 Å². The van der Waals surface area contributed by atoms with Crippen LogP contribution in [0.25, 0.3) is 0 Å². The van der Waals surface area contributed by atoms with E-state index in [-0.39, 0.29) is 17.4 Å². The lowest BCUT2D eigenvalue weighted by atomic mass is 9.66. The fraction of sp³-hybridized carbons (Fsp3) is 0.900. The van der Waals surface area contributed by atoms with E-state index in [9.17, 15) is 4.79 Å². The van der Waals surface area contributed by atoms with Crippen molar-refractivity contribution in [1.82, 2.24) is 4.90 Å². The maximum Gasteiger partial charge on any atom is 0.223 e. The van der Waals surface area contributed by atoms with Gasteiger partial charge in [0, 0.05) is 19.5 Å². The van der Waals surface area contributed by atoms with Crippen molar-refractivity contribution < 1.29 is 9.90 Å². The second-order valence-corrected chi connectivity index (χ2v) is 4.69. The summed E-state index contributed by atoms with van der Waals surface area (Å²) in [6.07, 6.45) is 3.66. The average Bonchev–Trinajstić information content (AvgIpc) is 2.05. The molecule has 4 nitrogen and oxygen atoms in total. The summed E-state index contributed by atoms with van der Waals surface area (Å²) in [5.41, 5.74) is 5.78. The molecule has 1 heterocycles. The van der Waals surface area contributed by atoms with Gasteiger partial charge >= 0.3 is 0 Å². The highest BCUT2D eigenvalue weighted by atomic mass is 16.3. The molecular weight excluding hydrogens is 180 g/mol. The highest BCUT2D eigenvalue weighted by Crippen LogP contribution is 2.43. The topological polar surface area (TPSA) is 66.6 Å². The largest absolute Gasteiger partial charge is 0.389 e. The highest BCUT2D eigenvalue weighted by molar-refractivity contribution is 5.78. The summed E-state index contributed by atoms with van der Waals surface area (Å²) in [6, 6.07) is 0. The first kappa shape index (κ1) is 9.93. The second-order valence-electron chi connectivity index (χ2n) is 4.69. The Morgan fingerprint density at radius 3 is 2.50 bits per heavy atom. The lowest BCUT2D eigenvalue weighted by Gasteiger charge is -2.44. The van der Waals surface area contributed by atoms with Crippen molar-refractivity contribution in [3.05, 3.63) is 0 Å². The number of nitrogens with two attached hydrogens (primary N) is 1. The Bertz CT molecular complexity index is 227. The molecule has 1 amide bonds. The van der Waals surface area contributed by atoms with Gasteiger partial charge in [-0.15, -0.1) is 0 Å². The summed E-state index contributed by atoms with van der Waals surface area (Å²) < 4.78 is 0. The smallest absolute Gasteiger partial charge is 0.223 e. The van der Waals surface area contributed by atoms with Crippen molar-refractivity contribution >= 4 is 5.91 Å². The molecule has 2 fully saturated rings. The average molecular weight is 198 g/mol. The van der Waals surface area contributed by atoms with E-state index < -0.39 is 0 Å². The van der Waals surface area contributed by atoms with Crippen molar-refractivity contribution in [1.29, 1.82) is 0 Å². The molecule has 4 heteroatoms. The molecule has 1 aliphatic carbocycles. The Hall–Kier alpha value is -0.610. The fourth-order valence-corrected chi connectivity index (χ4v) is 2.22. The van der Waals surface area contributed by atoms with Gasteiger partial charge in [0.2, 0.25) is 5.91 Å². The molecule has 2 rings (SSSR count). The van der Waals surface area contributed by atoms with E-state index in [0.717, 1.165) is 12.8 Å². The van der Waals surface area contributed by atoms with Gasteiger partial charge in [0.15, 0.2) is 0 Å². The van der Waals surface area contributed by atoms with E-state index >= 15 is 0 Å². The summed E-state index contributed by atoms with van der Waals surface area (Å²) in [5, 5.41) is 9.08. The van der Waals surface area contributed by atoms with Crippen LogP contribution in [0.4, 0.5) is 0 Å². The summed E-state index contributed by atoms with van der Waals surface area (Å²) in [4.78, 5) is 13.4. The number of carbonyl (C=O) groups is 1. The number of amides is 1. The number of aliphatic hydroxyl groups excluding tert-OH is 1. The van der Waals surface area contributed by atoms with Crippen molar-refractivity contribution in [2.75, 3.05) is 19.6 Å². The molecule has 0 aromatic heterocycles. The second kappa shape index (κ2) is 3.51. The fourth-order valence-electron chi connectivity index (χ4n) is 2.22. The van der Waals surface area contributed by atoms with E-state index in [1.54, 1.807) is 4.90 Å². The number of hydrogen-bond acceptors (Lipinski definition) is 3. The number of carbonyl (C=O) groups excluding carboxylic acids is 1. The number of hydrogen-bond donors (Lipinski definition) is 2. The number of likely N-dealkylation sites (tertiary alicyclic amines) is 1. The van der Waals surface area contributed by atoms with E-state index in [4.69, 9.17) is 10.8 Å². The Morgan fingerprint density at radius 2 is 2.14 bits per heavy atom. The van der Waals surface area contributed by atoms with Gasteiger partial charge in [-0.25, -0.2) is 0 Å². The highest BCUT2D eigenvalue weighted by Gasteiger charge is 2.40. The predicted molar refractivity (Wildman–Crippen MR) is 52.5 cm³/mol. The molecule has 2 aliphatic rings. The van der Waals surface area contributed by atoms with Crippen LogP contribution in [0.15, 0.2) is 0 Å². The van der Waals surface area contributed by atoms with Crippen LogP contribution in [-0.4, -0.2) is 41.7 Å². The van der Waals surface area contributed by atoms with Crippen molar-refractivity contribution in [2.45, 2.75) is 31.8 Å². The quantitative estimate of drug-likeness (QED) is 0.655. The minimum absolute atomic E-state index is 0.0949. The Balaban J connectivity index is 1.82. The lowest BCUT2D eigenvalue weighted by Crippen LogP contribution is -2.55. The zero-order valence-electron chi connectivity index (χ0n) is 8.41. The zero-order chi connectivity index (χ0) is 10.2. The van der Waals surface area contributed by atoms with Gasteiger partial charge in [-0.3, -0.25) is 4.79 Å². The summed E-state index contributed by atoms with van der Waals surface area (Å²) >= 11 is 0. The Labute approximate surface area is 84.1 Å². The number of β-amino-alcohol motifs (C(OH)–C–C–N with tert-alkyl or cyclic N) is 1. The van der Waals surface area contributed by atoms with Crippen molar-refractivity contribution in [3.63, 3.8) is 0 Å². The van der Waals surface area contributed by atoms with Gasteiger partial charge < -0.3 is 15.7 Å². The molecule has 0 aromatic carbocycles. The van der Waals surface area contributed by atoms with Gasteiger partial charge in [0.05, 0.1) is 6.10 Å². The molecule has 0 radical (unpaired) electrons. The monoisotopic (exact) mass is 198 g/mol. The van der Waals surface area contributed by atoms with Crippen LogP contribution in [0.2, 0.25) is 0 Å². The molecule has 80 valence electrons. The minimum atomic E-state index is -0.297. The van der Waals surface area contributed by atoms with Crippen LogP contribution >= 0.6 is 0 Å². The van der Waals surface area contributed by atoms with Crippen LogP contribution < -0.4 is 5.73 Å². The van der Waals surface area contributed by atoms with Crippen LogP contribution in [0.5, 0.6) is 0 Å². The predicted octanol–water partition coefficient (Wildman–Crippen LogP) is -0.291. The van der Waals surface area contributed by atoms with Gasteiger partial charge in [-0.2, -0.15) is 0 Å². The third-order valence-electron chi connectivity index (χ3n) is 3.59. The third-order valence-corrected chi connectivity index (χ3v) is 3.59. The van der Waals surface area contributed by atoms with Crippen LogP contribution in [0, 0.1) is 5.41 Å². The standard InChI is InChI=1S/C10H18N2O2/c11-7-10(2-1-3-10)4-9(14)12-5-8(13)6-12/h8,13H,1-7,11H2. The van der Waals surface area contributed by atoms with E-state index in [0.29, 0.717) is 26.1 Å². The summed E-state index contributed by atoms with van der Waals surface area (Å²) in [6.45, 7) is 1.65. The first-order valence-electron chi connectivity index (χ1n) is 5.31. The molecule has 1 saturated carbocycles. The van der Waals surface area contributed by atoms with Crippen molar-refractivity contribution in [3.8, 4) is 0 Å². The Kier molecular flexibility index (Phi) is 2.49. The molecule has 0 unspecified atom stereocenters. The van der Waals surface area contributed by atoms with Crippen LogP contribution in [-0.2, 0) is 4.79 Å². The zero-order valence-corrected chi connectivity index (χ0v) is 8.41. The van der Waals surface area contributed by atoms with Gasteiger partial charge in [0.1, 0.15) is 0 Å². The molecular formula is C10H18N2O2. The first-order valence-corrected chi connectivity index (χ1v) is 5.31. The third kappa shape index (κ3) is 1.64. The van der Waals surface area contributed by atoms with Gasteiger partial charge in [-0.05, 0) is 24.8 Å². The van der Waals surface area contributed by atoms with E-state index in [2.05, 4.69) is 0 Å². The molecule has 1 saturated heterocycles. The summed E-state index contributed by atoms with van der Waals surface area (Å²) in [5.74, 6) is 0.167. The van der Waals surface area contributed by atoms with Crippen molar-refractivity contribution in [2.24, 2.45) is 11.1 Å². The number of rotatable bonds is 3. The minimum Gasteiger partial charge on any atom is -0.389 e. The molecule has 0 spiro atoms. The summed E-state index contributed by atoms with van der Waals surface area (Å²) in [7, 11) is 0. The molecule has 0 atom stereocenters. The maximum atomic E-state index is 11.7. The normalized spacial score (nSPS) is 25.4. The molecule has 0 aromatic rings.